The van der Waals surface area contributed by atoms with Gasteiger partial charge in [-0.05, 0) is 167 Å². The van der Waals surface area contributed by atoms with E-state index in [1.807, 2.05) is 127 Å². The first-order valence-corrected chi connectivity index (χ1v) is 38.1. The van der Waals surface area contributed by atoms with Crippen LogP contribution in [0.25, 0.3) is 244 Å². The van der Waals surface area contributed by atoms with Crippen molar-refractivity contribution < 1.29 is 26.5 Å². The summed E-state index contributed by atoms with van der Waals surface area (Å²) in [5.74, 6) is 1.28. The van der Waals surface area contributed by atoms with Crippen LogP contribution in [0.4, 0.5) is 0 Å². The lowest BCUT2D eigenvalue weighted by molar-refractivity contribution is 0.668. The van der Waals surface area contributed by atoms with Crippen molar-refractivity contribution in [1.82, 2.24) is 19.9 Å². The van der Waals surface area contributed by atoms with Gasteiger partial charge in [-0.1, -0.05) is 231 Å². The molecule has 0 saturated heterocycles. The summed E-state index contributed by atoms with van der Waals surface area (Å²) in [5, 5.41) is 12.9. The maximum Gasteiger partial charge on any atom is 0.160 e. The van der Waals surface area contributed by atoms with Gasteiger partial charge in [0.05, 0.1) is 22.8 Å². The van der Waals surface area contributed by atoms with Gasteiger partial charge in [0.15, 0.2) is 11.6 Å². The normalized spacial score (nSPS) is 11.9. The summed E-state index contributed by atoms with van der Waals surface area (Å²) in [7, 11) is 0. The Bertz CT molecular complexity index is 7750. The minimum Gasteiger partial charge on any atom is -0.456 e. The van der Waals surface area contributed by atoms with Crippen molar-refractivity contribution in [3.63, 3.8) is 0 Å². The quantitative estimate of drug-likeness (QED) is 0.130. The van der Waals surface area contributed by atoms with Gasteiger partial charge >= 0.3 is 0 Å². The molecule has 0 radical (unpaired) electrons. The summed E-state index contributed by atoms with van der Waals surface area (Å²) in [6, 6.07) is 125. The minimum atomic E-state index is 0.627. The van der Waals surface area contributed by atoms with Crippen LogP contribution in [-0.4, -0.2) is 19.9 Å². The highest BCUT2D eigenvalue weighted by molar-refractivity contribution is 6.14. The molecule has 0 unspecified atom stereocenters. The number of rotatable bonds is 10. The number of hydrogen-bond donors (Lipinski definition) is 0. The van der Waals surface area contributed by atoms with E-state index in [4.69, 9.17) is 46.4 Å². The first kappa shape index (κ1) is 64.5. The third-order valence-electron chi connectivity index (χ3n) is 22.2. The molecular formula is C104H60N4O6. The molecule has 0 N–H and O–H groups in total. The predicted molar refractivity (Wildman–Crippen MR) is 462 cm³/mol. The third kappa shape index (κ3) is 10.9. The maximum atomic E-state index is 6.60. The molecule has 0 spiro atoms. The van der Waals surface area contributed by atoms with E-state index in [1.165, 1.54) is 0 Å². The van der Waals surface area contributed by atoms with Crippen LogP contribution in [0, 0.1) is 0 Å². The van der Waals surface area contributed by atoms with E-state index in [2.05, 4.69) is 237 Å². The largest absolute Gasteiger partial charge is 0.456 e. The van der Waals surface area contributed by atoms with Gasteiger partial charge in [-0.3, -0.25) is 0 Å². The fourth-order valence-electron chi connectivity index (χ4n) is 16.7. The van der Waals surface area contributed by atoms with E-state index < -0.39 is 0 Å². The molecule has 0 aliphatic carbocycles. The molecule has 10 heteroatoms. The number of hydrogen-bond acceptors (Lipinski definition) is 10. The molecule has 532 valence electrons. The van der Waals surface area contributed by atoms with Crippen LogP contribution in [0.2, 0.25) is 0 Å². The first-order valence-electron chi connectivity index (χ1n) is 38.1. The van der Waals surface area contributed by atoms with Gasteiger partial charge < -0.3 is 26.5 Å². The fraction of sp³-hybridized carbons (Fsp3) is 0. The first-order chi connectivity index (χ1) is 56.4. The van der Waals surface area contributed by atoms with E-state index in [-0.39, 0.29) is 0 Å². The van der Waals surface area contributed by atoms with Crippen molar-refractivity contribution >= 4 is 132 Å². The Morgan fingerprint density at radius 2 is 0.412 bits per heavy atom. The van der Waals surface area contributed by atoms with Gasteiger partial charge in [-0.15, -0.1) is 0 Å². The smallest absolute Gasteiger partial charge is 0.160 e. The average Bonchev–Trinajstić information content (AvgIpc) is 1.47. The summed E-state index contributed by atoms with van der Waals surface area (Å²) in [5.41, 5.74) is 27.4. The van der Waals surface area contributed by atoms with Gasteiger partial charge in [-0.2, -0.15) is 0 Å². The van der Waals surface area contributed by atoms with E-state index in [0.29, 0.717) is 11.6 Å². The van der Waals surface area contributed by atoms with E-state index in [0.717, 1.165) is 232 Å². The van der Waals surface area contributed by atoms with Crippen LogP contribution < -0.4 is 0 Å². The second-order valence-corrected chi connectivity index (χ2v) is 29.0. The van der Waals surface area contributed by atoms with Gasteiger partial charge in [0.1, 0.15) is 67.0 Å². The Labute approximate surface area is 650 Å². The molecular weight excluding hydrogens is 1400 g/mol. The molecule has 0 atom stereocenters. The Morgan fingerprint density at radius 1 is 0.140 bits per heavy atom. The van der Waals surface area contributed by atoms with Crippen LogP contribution in [0.5, 0.6) is 0 Å². The number of fused-ring (bicyclic) bond motifs is 18. The van der Waals surface area contributed by atoms with E-state index in [1.54, 1.807) is 0 Å². The third-order valence-corrected chi connectivity index (χ3v) is 22.2. The SMILES string of the molecule is c1ccc(-c2nc(-c3cc(-c4ccc5oc6ccccc6c5c4)cc(-c4ccc5oc6ccccc6c5c4)c3)cc(-c3ccc4oc5ccccc5c4c3)n2)cc1.c1ccc(-c2nc(-c3cc(-c4cccc5c4oc4ccccc45)cc(-c4cccc5c4oc4ccccc45)c3)cc(-c3cccc4c3oc3ccccc34)n2)cc1. The highest BCUT2D eigenvalue weighted by Gasteiger charge is 2.23. The van der Waals surface area contributed by atoms with Crippen LogP contribution in [0.15, 0.2) is 390 Å². The standard InChI is InChI=1S/2C52H30N2O3/c1-2-13-31(14-3-1)52-53-44(30-45(54-52)43-23-12-22-42-39-17-6-9-26-48(39)57-51(42)43)34-28-32(35-18-10-20-40-37-15-4-7-24-46(37)55-49(35)40)27-33(29-34)36-19-11-21-41-38-16-5-8-25-47(38)56-50(36)41;1-2-10-31(11-3-1)52-53-44(34-20-23-51-43(29-34)40-14-6-9-17-48(40)57-51)30-45(54-52)37-25-35(32-18-21-49-41(27-32)38-12-4-7-15-46(38)55-49)24-36(26-37)33-19-22-50-42(28-33)39-13-5-8-16-47(39)56-50/h2*1-30H. The molecule has 0 amide bonds. The molecule has 10 nitrogen and oxygen atoms in total. The van der Waals surface area contributed by atoms with Crippen LogP contribution in [-0.2, 0) is 0 Å². The highest BCUT2D eigenvalue weighted by atomic mass is 16.3. The Morgan fingerprint density at radius 3 is 0.825 bits per heavy atom. The molecule has 16 aromatic carbocycles. The van der Waals surface area contributed by atoms with Crippen molar-refractivity contribution in [2.45, 2.75) is 0 Å². The number of furan rings is 6. The van der Waals surface area contributed by atoms with Crippen LogP contribution >= 0.6 is 0 Å². The molecule has 24 aromatic rings. The average molecular weight is 1460 g/mol. The summed E-state index contributed by atoms with van der Waals surface area (Å²) < 4.78 is 38.4. The summed E-state index contributed by atoms with van der Waals surface area (Å²) >= 11 is 0. The second kappa shape index (κ2) is 26.1. The number of benzene rings is 16. The van der Waals surface area contributed by atoms with Crippen molar-refractivity contribution in [1.29, 1.82) is 0 Å². The number of nitrogens with zero attached hydrogens (tertiary/aromatic N) is 4. The number of aromatic nitrogens is 4. The molecule has 24 rings (SSSR count). The van der Waals surface area contributed by atoms with E-state index >= 15 is 0 Å². The van der Waals surface area contributed by atoms with Crippen LogP contribution in [0.1, 0.15) is 0 Å². The van der Waals surface area contributed by atoms with Gasteiger partial charge in [0.25, 0.3) is 0 Å². The zero-order chi connectivity index (χ0) is 74.9. The summed E-state index contributed by atoms with van der Waals surface area (Å²) in [6.45, 7) is 0. The van der Waals surface area contributed by atoms with Gasteiger partial charge in [-0.25, -0.2) is 19.9 Å². The van der Waals surface area contributed by atoms with Crippen LogP contribution in [0.3, 0.4) is 0 Å². The molecule has 0 bridgehead atoms. The molecule has 0 aliphatic heterocycles. The lowest BCUT2D eigenvalue weighted by atomic mass is 9.93. The van der Waals surface area contributed by atoms with Crippen molar-refractivity contribution in [3.05, 3.63) is 364 Å². The Hall–Kier alpha value is -15.5. The molecule has 8 heterocycles. The highest BCUT2D eigenvalue weighted by Crippen LogP contribution is 2.46. The molecule has 0 aliphatic rings. The lowest BCUT2D eigenvalue weighted by Crippen LogP contribution is -1.97. The lowest BCUT2D eigenvalue weighted by Gasteiger charge is -2.14. The molecule has 0 saturated carbocycles. The maximum absolute atomic E-state index is 6.60. The van der Waals surface area contributed by atoms with Crippen molar-refractivity contribution in [2.75, 3.05) is 0 Å². The molecule has 0 fully saturated rings. The predicted octanol–water partition coefficient (Wildman–Crippen LogP) is 29.0. The summed E-state index contributed by atoms with van der Waals surface area (Å²) in [4.78, 5) is 21.0. The minimum absolute atomic E-state index is 0.627. The van der Waals surface area contributed by atoms with Gasteiger partial charge in [0, 0.05) is 109 Å². The molecule has 114 heavy (non-hydrogen) atoms. The number of para-hydroxylation sites is 9. The fourth-order valence-corrected chi connectivity index (χ4v) is 16.7. The summed E-state index contributed by atoms with van der Waals surface area (Å²) in [6.07, 6.45) is 0. The zero-order valence-electron chi connectivity index (χ0n) is 60.9. The Kier molecular flexibility index (Phi) is 14.8. The van der Waals surface area contributed by atoms with Crippen molar-refractivity contribution in [2.24, 2.45) is 0 Å². The molecule has 8 aromatic heterocycles. The Balaban J connectivity index is 0.000000135. The van der Waals surface area contributed by atoms with Crippen molar-refractivity contribution in [3.8, 4) is 112 Å². The second-order valence-electron chi connectivity index (χ2n) is 29.0. The monoisotopic (exact) mass is 1460 g/mol. The van der Waals surface area contributed by atoms with E-state index in [9.17, 15) is 0 Å². The topological polar surface area (TPSA) is 130 Å². The van der Waals surface area contributed by atoms with Gasteiger partial charge in [0.2, 0.25) is 0 Å². The zero-order valence-corrected chi connectivity index (χ0v) is 60.9.